The number of piperidine rings is 1. The Morgan fingerprint density at radius 2 is 1.90 bits per heavy atom. The molecule has 0 saturated carbocycles. The lowest BCUT2D eigenvalue weighted by Crippen LogP contribution is -2.50. The highest BCUT2D eigenvalue weighted by molar-refractivity contribution is 5.82. The first kappa shape index (κ1) is 14.6. The maximum absolute atomic E-state index is 12.8. The second-order valence-electron chi connectivity index (χ2n) is 6.40. The van der Waals surface area contributed by atoms with Crippen molar-refractivity contribution in [2.75, 3.05) is 19.6 Å². The summed E-state index contributed by atoms with van der Waals surface area (Å²) in [5, 5.41) is 3.43. The number of amides is 1. The molecule has 0 radical (unpaired) electrons. The van der Waals surface area contributed by atoms with Crippen molar-refractivity contribution >= 4 is 5.91 Å². The van der Waals surface area contributed by atoms with Gasteiger partial charge in [0.25, 0.3) is 0 Å². The molecule has 2 aliphatic heterocycles. The second kappa shape index (κ2) is 6.61. The topological polar surface area (TPSA) is 32.3 Å². The zero-order chi connectivity index (χ0) is 14.7. The number of carbonyl (C=O) groups is 1. The number of benzene rings is 1. The molecule has 0 spiro atoms. The molecule has 1 amide bonds. The molecular formula is C18H26N2O. The molecule has 1 saturated heterocycles. The predicted octanol–water partition coefficient (Wildman–Crippen LogP) is 2.39. The van der Waals surface area contributed by atoms with E-state index in [9.17, 15) is 4.79 Å². The maximum Gasteiger partial charge on any atom is 0.239 e. The summed E-state index contributed by atoms with van der Waals surface area (Å²) in [7, 11) is 0. The van der Waals surface area contributed by atoms with Gasteiger partial charge in [-0.2, -0.15) is 0 Å². The SMILES string of the molecule is CCC1CCNC(C(=O)N2CCc3ccccc3CC2)C1. The Kier molecular flexibility index (Phi) is 4.59. The minimum Gasteiger partial charge on any atom is -0.341 e. The number of carbonyl (C=O) groups excluding carboxylic acids is 1. The maximum atomic E-state index is 12.8. The van der Waals surface area contributed by atoms with Crippen LogP contribution in [0.4, 0.5) is 0 Å². The second-order valence-corrected chi connectivity index (χ2v) is 6.40. The van der Waals surface area contributed by atoms with Gasteiger partial charge in [0, 0.05) is 13.1 Å². The molecular weight excluding hydrogens is 260 g/mol. The highest BCUT2D eigenvalue weighted by Gasteiger charge is 2.30. The molecule has 2 heterocycles. The standard InChI is InChI=1S/C18H26N2O/c1-2-14-7-10-19-17(13-14)18(21)20-11-8-15-5-3-4-6-16(15)9-12-20/h3-6,14,17,19H,2,7-13H2,1H3. The summed E-state index contributed by atoms with van der Waals surface area (Å²) in [5.41, 5.74) is 2.83. The van der Waals surface area contributed by atoms with Crippen LogP contribution in [-0.4, -0.2) is 36.5 Å². The molecule has 3 rings (SSSR count). The van der Waals surface area contributed by atoms with Crippen LogP contribution in [0.2, 0.25) is 0 Å². The van der Waals surface area contributed by atoms with E-state index in [1.807, 2.05) is 0 Å². The molecule has 0 bridgehead atoms. The van der Waals surface area contributed by atoms with Crippen LogP contribution in [0.1, 0.15) is 37.3 Å². The van der Waals surface area contributed by atoms with E-state index in [2.05, 4.69) is 41.4 Å². The lowest BCUT2D eigenvalue weighted by atomic mass is 9.90. The Balaban J connectivity index is 1.64. The van der Waals surface area contributed by atoms with Crippen molar-refractivity contribution in [1.29, 1.82) is 0 Å². The Bertz CT molecular complexity index is 473. The average molecular weight is 286 g/mol. The lowest BCUT2D eigenvalue weighted by Gasteiger charge is -2.32. The van der Waals surface area contributed by atoms with Crippen molar-refractivity contribution in [2.45, 2.75) is 45.1 Å². The number of hydrogen-bond acceptors (Lipinski definition) is 2. The first-order valence-corrected chi connectivity index (χ1v) is 8.37. The van der Waals surface area contributed by atoms with Gasteiger partial charge in [0.2, 0.25) is 5.91 Å². The predicted molar refractivity (Wildman–Crippen MR) is 85.2 cm³/mol. The fraction of sp³-hybridized carbons (Fsp3) is 0.611. The van der Waals surface area contributed by atoms with Gasteiger partial charge in [-0.05, 0) is 49.3 Å². The average Bonchev–Trinajstić information content (AvgIpc) is 2.77. The highest BCUT2D eigenvalue weighted by Crippen LogP contribution is 2.22. The number of fused-ring (bicyclic) bond motifs is 1. The van der Waals surface area contributed by atoms with Crippen molar-refractivity contribution in [3.05, 3.63) is 35.4 Å². The smallest absolute Gasteiger partial charge is 0.239 e. The molecule has 114 valence electrons. The summed E-state index contributed by atoms with van der Waals surface area (Å²) in [6, 6.07) is 8.66. The molecule has 1 aromatic rings. The van der Waals surface area contributed by atoms with Gasteiger partial charge in [-0.25, -0.2) is 0 Å². The number of rotatable bonds is 2. The van der Waals surface area contributed by atoms with Crippen LogP contribution in [0.3, 0.4) is 0 Å². The van der Waals surface area contributed by atoms with Crippen molar-refractivity contribution in [3.8, 4) is 0 Å². The third-order valence-corrected chi connectivity index (χ3v) is 5.12. The first-order valence-electron chi connectivity index (χ1n) is 8.37. The number of hydrogen-bond donors (Lipinski definition) is 1. The Labute approximate surface area is 127 Å². The fourth-order valence-electron chi connectivity index (χ4n) is 3.66. The molecule has 0 aromatic heterocycles. The van der Waals surface area contributed by atoms with E-state index in [-0.39, 0.29) is 6.04 Å². The summed E-state index contributed by atoms with van der Waals surface area (Å²) >= 11 is 0. The normalized spacial score (nSPS) is 26.0. The summed E-state index contributed by atoms with van der Waals surface area (Å²) in [6.07, 6.45) is 5.40. The van der Waals surface area contributed by atoms with Crippen LogP contribution in [0.25, 0.3) is 0 Å². The summed E-state index contributed by atoms with van der Waals surface area (Å²) < 4.78 is 0. The van der Waals surface area contributed by atoms with Crippen molar-refractivity contribution in [3.63, 3.8) is 0 Å². The van der Waals surface area contributed by atoms with E-state index in [4.69, 9.17) is 0 Å². The van der Waals surface area contributed by atoms with Gasteiger partial charge in [0.05, 0.1) is 6.04 Å². The van der Waals surface area contributed by atoms with E-state index < -0.39 is 0 Å². The third-order valence-electron chi connectivity index (χ3n) is 5.12. The van der Waals surface area contributed by atoms with Crippen LogP contribution in [0, 0.1) is 5.92 Å². The Morgan fingerprint density at radius 3 is 2.52 bits per heavy atom. The van der Waals surface area contributed by atoms with Crippen LogP contribution in [0.15, 0.2) is 24.3 Å². The van der Waals surface area contributed by atoms with Gasteiger partial charge in [-0.3, -0.25) is 4.79 Å². The molecule has 3 heteroatoms. The largest absolute Gasteiger partial charge is 0.341 e. The van der Waals surface area contributed by atoms with Gasteiger partial charge < -0.3 is 10.2 Å². The van der Waals surface area contributed by atoms with Gasteiger partial charge in [-0.1, -0.05) is 37.6 Å². The fourth-order valence-corrected chi connectivity index (χ4v) is 3.66. The molecule has 3 nitrogen and oxygen atoms in total. The van der Waals surface area contributed by atoms with Crippen molar-refractivity contribution < 1.29 is 4.79 Å². The van der Waals surface area contributed by atoms with Crippen LogP contribution in [-0.2, 0) is 17.6 Å². The Hall–Kier alpha value is -1.35. The monoisotopic (exact) mass is 286 g/mol. The van der Waals surface area contributed by atoms with E-state index >= 15 is 0 Å². The first-order chi connectivity index (χ1) is 10.3. The molecule has 1 aromatic carbocycles. The summed E-state index contributed by atoms with van der Waals surface area (Å²) in [4.78, 5) is 14.9. The van der Waals surface area contributed by atoms with E-state index in [1.165, 1.54) is 24.0 Å². The quantitative estimate of drug-likeness (QED) is 0.905. The molecule has 0 aliphatic carbocycles. The zero-order valence-corrected chi connectivity index (χ0v) is 13.0. The lowest BCUT2D eigenvalue weighted by molar-refractivity contribution is -0.134. The minimum absolute atomic E-state index is 0.0462. The summed E-state index contributed by atoms with van der Waals surface area (Å²) in [5.74, 6) is 1.03. The third kappa shape index (κ3) is 3.29. The van der Waals surface area contributed by atoms with Crippen LogP contribution < -0.4 is 5.32 Å². The highest BCUT2D eigenvalue weighted by atomic mass is 16.2. The van der Waals surface area contributed by atoms with E-state index in [0.717, 1.165) is 38.9 Å². The van der Waals surface area contributed by atoms with Crippen molar-refractivity contribution in [2.24, 2.45) is 5.92 Å². The molecule has 1 fully saturated rings. The zero-order valence-electron chi connectivity index (χ0n) is 13.0. The molecule has 1 N–H and O–H groups in total. The van der Waals surface area contributed by atoms with Gasteiger partial charge in [0.1, 0.15) is 0 Å². The Morgan fingerprint density at radius 1 is 1.24 bits per heavy atom. The van der Waals surface area contributed by atoms with Crippen LogP contribution in [0.5, 0.6) is 0 Å². The molecule has 21 heavy (non-hydrogen) atoms. The van der Waals surface area contributed by atoms with Crippen LogP contribution >= 0.6 is 0 Å². The van der Waals surface area contributed by atoms with E-state index in [1.54, 1.807) is 0 Å². The molecule has 2 atom stereocenters. The van der Waals surface area contributed by atoms with Crippen molar-refractivity contribution in [1.82, 2.24) is 10.2 Å². The van der Waals surface area contributed by atoms with Gasteiger partial charge in [-0.15, -0.1) is 0 Å². The van der Waals surface area contributed by atoms with Gasteiger partial charge >= 0.3 is 0 Å². The molecule has 2 unspecified atom stereocenters. The number of nitrogens with one attached hydrogen (secondary N) is 1. The van der Waals surface area contributed by atoms with E-state index in [0.29, 0.717) is 11.8 Å². The summed E-state index contributed by atoms with van der Waals surface area (Å²) in [6.45, 7) is 4.96. The number of nitrogens with zero attached hydrogens (tertiary/aromatic N) is 1. The minimum atomic E-state index is 0.0462. The van der Waals surface area contributed by atoms with Gasteiger partial charge in [0.15, 0.2) is 0 Å². The molecule has 2 aliphatic rings.